The molecule has 0 saturated heterocycles. The fourth-order valence-electron chi connectivity index (χ4n) is 1.15. The number of aromatic nitrogens is 1. The molecular weight excluding hydrogens is 208 g/mol. The van der Waals surface area contributed by atoms with Crippen LogP contribution in [-0.2, 0) is 11.3 Å². The Morgan fingerprint density at radius 1 is 1.62 bits per heavy atom. The summed E-state index contributed by atoms with van der Waals surface area (Å²) in [7, 11) is 0. The molecule has 0 radical (unpaired) electrons. The first-order valence-corrected chi connectivity index (χ1v) is 4.77. The van der Waals surface area contributed by atoms with Gasteiger partial charge in [-0.2, -0.15) is 0 Å². The fourth-order valence-corrected chi connectivity index (χ4v) is 1.15. The minimum Gasteiger partial charge on any atom is -0.409 e. The molecule has 0 atom stereocenters. The van der Waals surface area contributed by atoms with E-state index >= 15 is 0 Å². The largest absolute Gasteiger partial charge is 0.409 e. The summed E-state index contributed by atoms with van der Waals surface area (Å²) >= 11 is 0. The van der Waals surface area contributed by atoms with E-state index in [0.717, 1.165) is 11.4 Å². The van der Waals surface area contributed by atoms with Crippen molar-refractivity contribution in [2.24, 2.45) is 10.9 Å². The van der Waals surface area contributed by atoms with Crippen LogP contribution in [0.2, 0.25) is 0 Å². The van der Waals surface area contributed by atoms with Crippen LogP contribution >= 0.6 is 0 Å². The van der Waals surface area contributed by atoms with Gasteiger partial charge in [0, 0.05) is 5.69 Å². The van der Waals surface area contributed by atoms with Crippen LogP contribution in [0.15, 0.2) is 23.4 Å². The molecule has 1 rings (SSSR count). The highest BCUT2D eigenvalue weighted by Gasteiger charge is 2.04. The maximum atomic E-state index is 11.3. The average molecular weight is 222 g/mol. The Kier molecular flexibility index (Phi) is 4.26. The number of aryl methyl sites for hydroxylation is 1. The summed E-state index contributed by atoms with van der Waals surface area (Å²) in [6.45, 7) is 2.21. The van der Waals surface area contributed by atoms with Gasteiger partial charge in [0.25, 0.3) is 0 Å². The van der Waals surface area contributed by atoms with Crippen LogP contribution in [0.1, 0.15) is 17.8 Å². The summed E-state index contributed by atoms with van der Waals surface area (Å²) < 4.78 is 0. The zero-order valence-electron chi connectivity index (χ0n) is 8.97. The molecule has 0 spiro atoms. The average Bonchev–Trinajstić information content (AvgIpc) is 2.26. The summed E-state index contributed by atoms with van der Waals surface area (Å²) in [4.78, 5) is 15.5. The van der Waals surface area contributed by atoms with Crippen molar-refractivity contribution in [2.45, 2.75) is 19.9 Å². The van der Waals surface area contributed by atoms with Gasteiger partial charge in [-0.3, -0.25) is 9.78 Å². The SMILES string of the molecule is Cc1cccc(CNC(=O)CC(N)=NO)n1. The molecule has 0 aromatic carbocycles. The van der Waals surface area contributed by atoms with Gasteiger partial charge in [-0.05, 0) is 19.1 Å². The number of hydrogen-bond acceptors (Lipinski definition) is 4. The predicted molar refractivity (Wildman–Crippen MR) is 58.8 cm³/mol. The summed E-state index contributed by atoms with van der Waals surface area (Å²) in [6.07, 6.45) is -0.123. The second-order valence-corrected chi connectivity index (χ2v) is 3.32. The van der Waals surface area contributed by atoms with Crippen molar-refractivity contribution in [1.82, 2.24) is 10.3 Å². The number of nitrogens with one attached hydrogen (secondary N) is 1. The van der Waals surface area contributed by atoms with Gasteiger partial charge in [0.2, 0.25) is 5.91 Å². The molecule has 6 nitrogen and oxygen atoms in total. The molecule has 0 bridgehead atoms. The second kappa shape index (κ2) is 5.69. The van der Waals surface area contributed by atoms with Gasteiger partial charge >= 0.3 is 0 Å². The maximum Gasteiger partial charge on any atom is 0.228 e. The molecule has 4 N–H and O–H groups in total. The first-order valence-electron chi connectivity index (χ1n) is 4.77. The number of amides is 1. The van der Waals surface area contributed by atoms with Crippen LogP contribution in [0, 0.1) is 6.92 Å². The molecule has 0 aliphatic rings. The lowest BCUT2D eigenvalue weighted by atomic mass is 10.3. The molecule has 0 aliphatic heterocycles. The van der Waals surface area contributed by atoms with Gasteiger partial charge in [0.05, 0.1) is 18.7 Å². The Labute approximate surface area is 93.2 Å². The number of nitrogens with zero attached hydrogens (tertiary/aromatic N) is 2. The van der Waals surface area contributed by atoms with Crippen molar-refractivity contribution in [2.75, 3.05) is 0 Å². The second-order valence-electron chi connectivity index (χ2n) is 3.32. The zero-order valence-corrected chi connectivity index (χ0v) is 8.97. The van der Waals surface area contributed by atoms with Crippen molar-refractivity contribution in [3.05, 3.63) is 29.6 Å². The molecule has 1 heterocycles. The molecule has 0 aliphatic carbocycles. The van der Waals surface area contributed by atoms with Gasteiger partial charge in [-0.15, -0.1) is 0 Å². The number of pyridine rings is 1. The van der Waals surface area contributed by atoms with Gasteiger partial charge in [-0.1, -0.05) is 11.2 Å². The third kappa shape index (κ3) is 3.95. The number of rotatable bonds is 4. The lowest BCUT2D eigenvalue weighted by Crippen LogP contribution is -2.28. The van der Waals surface area contributed by atoms with E-state index in [2.05, 4.69) is 15.5 Å². The van der Waals surface area contributed by atoms with E-state index in [9.17, 15) is 4.79 Å². The summed E-state index contributed by atoms with van der Waals surface area (Å²) in [5.41, 5.74) is 6.85. The number of nitrogens with two attached hydrogens (primary N) is 1. The third-order valence-electron chi connectivity index (χ3n) is 1.88. The van der Waals surface area contributed by atoms with Crippen molar-refractivity contribution in [3.63, 3.8) is 0 Å². The minimum atomic E-state index is -0.307. The number of carbonyl (C=O) groups excluding carboxylic acids is 1. The van der Waals surface area contributed by atoms with Crippen LogP contribution in [0.4, 0.5) is 0 Å². The van der Waals surface area contributed by atoms with Crippen molar-refractivity contribution in [3.8, 4) is 0 Å². The molecular formula is C10H14N4O2. The lowest BCUT2D eigenvalue weighted by Gasteiger charge is -2.04. The number of oxime groups is 1. The number of amidine groups is 1. The van der Waals surface area contributed by atoms with Gasteiger partial charge in [0.15, 0.2) is 0 Å². The lowest BCUT2D eigenvalue weighted by molar-refractivity contribution is -0.120. The number of carbonyl (C=O) groups is 1. The summed E-state index contributed by atoms with van der Waals surface area (Å²) in [5, 5.41) is 13.6. The first-order chi connectivity index (χ1) is 7.61. The Morgan fingerprint density at radius 2 is 2.38 bits per heavy atom. The van der Waals surface area contributed by atoms with E-state index in [0.29, 0.717) is 6.54 Å². The monoisotopic (exact) mass is 222 g/mol. The molecule has 1 aromatic heterocycles. The van der Waals surface area contributed by atoms with E-state index in [4.69, 9.17) is 10.9 Å². The third-order valence-corrected chi connectivity index (χ3v) is 1.88. The molecule has 0 unspecified atom stereocenters. The van der Waals surface area contributed by atoms with Crippen LogP contribution in [-0.4, -0.2) is 21.9 Å². The van der Waals surface area contributed by atoms with Crippen LogP contribution in [0.5, 0.6) is 0 Å². The van der Waals surface area contributed by atoms with Crippen molar-refractivity contribution in [1.29, 1.82) is 0 Å². The van der Waals surface area contributed by atoms with Gasteiger partial charge < -0.3 is 16.3 Å². The maximum absolute atomic E-state index is 11.3. The smallest absolute Gasteiger partial charge is 0.228 e. The molecule has 1 amide bonds. The Bertz CT molecular complexity index is 404. The van der Waals surface area contributed by atoms with E-state index in [-0.39, 0.29) is 18.2 Å². The predicted octanol–water partition coefficient (Wildman–Crippen LogP) is 0.143. The summed E-state index contributed by atoms with van der Waals surface area (Å²) in [6, 6.07) is 5.56. The Morgan fingerprint density at radius 3 is 3.00 bits per heavy atom. The fraction of sp³-hybridized carbons (Fsp3) is 0.300. The van der Waals surface area contributed by atoms with E-state index in [1.54, 1.807) is 0 Å². The van der Waals surface area contributed by atoms with E-state index in [1.165, 1.54) is 0 Å². The van der Waals surface area contributed by atoms with Gasteiger partial charge in [0.1, 0.15) is 5.84 Å². The van der Waals surface area contributed by atoms with Gasteiger partial charge in [-0.25, -0.2) is 0 Å². The highest BCUT2D eigenvalue weighted by atomic mass is 16.4. The topological polar surface area (TPSA) is 101 Å². The molecule has 86 valence electrons. The highest BCUT2D eigenvalue weighted by molar-refractivity contribution is 5.98. The quantitative estimate of drug-likeness (QED) is 0.292. The molecule has 16 heavy (non-hydrogen) atoms. The summed E-state index contributed by atoms with van der Waals surface area (Å²) in [5.74, 6) is -0.423. The van der Waals surface area contributed by atoms with Crippen LogP contribution < -0.4 is 11.1 Å². The number of hydrogen-bond donors (Lipinski definition) is 3. The normalized spacial score (nSPS) is 11.2. The van der Waals surface area contributed by atoms with Crippen molar-refractivity contribution >= 4 is 11.7 Å². The van der Waals surface area contributed by atoms with E-state index < -0.39 is 0 Å². The molecule has 0 saturated carbocycles. The Balaban J connectivity index is 2.43. The zero-order chi connectivity index (χ0) is 12.0. The molecule has 6 heteroatoms. The highest BCUT2D eigenvalue weighted by Crippen LogP contribution is 1.97. The molecule has 0 fully saturated rings. The molecule has 1 aromatic rings. The first kappa shape index (κ1) is 12.0. The van der Waals surface area contributed by atoms with Crippen molar-refractivity contribution < 1.29 is 10.0 Å². The van der Waals surface area contributed by atoms with E-state index in [1.807, 2.05) is 25.1 Å². The van der Waals surface area contributed by atoms with Crippen LogP contribution in [0.3, 0.4) is 0 Å². The standard InChI is InChI=1S/C10H14N4O2/c1-7-3-2-4-8(13-7)6-12-10(15)5-9(11)14-16/h2-4,16H,5-6H2,1H3,(H2,11,14)(H,12,15). The van der Waals surface area contributed by atoms with Crippen LogP contribution in [0.25, 0.3) is 0 Å². The Hall–Kier alpha value is -2.11. The minimum absolute atomic E-state index is 0.116.